The normalized spacial score (nSPS) is 16.2. The molecule has 22 heavy (non-hydrogen) atoms. The van der Waals surface area contributed by atoms with Crippen LogP contribution in [0, 0.1) is 5.82 Å². The van der Waals surface area contributed by atoms with Crippen molar-refractivity contribution in [2.45, 2.75) is 32.0 Å². The summed E-state index contributed by atoms with van der Waals surface area (Å²) in [5.74, 6) is -0.175. The molecular weight excluding hydrogens is 299 g/mol. The summed E-state index contributed by atoms with van der Waals surface area (Å²) in [4.78, 5) is 2.02. The number of nitrogens with zero attached hydrogens (tertiary/aromatic N) is 1. The lowest BCUT2D eigenvalue weighted by Gasteiger charge is -2.31. The lowest BCUT2D eigenvalue weighted by atomic mass is 10.1. The predicted molar refractivity (Wildman–Crippen MR) is 88.7 cm³/mol. The number of benzene rings is 1. The van der Waals surface area contributed by atoms with Gasteiger partial charge in [0.15, 0.2) is 0 Å². The molecule has 1 aromatic heterocycles. The molecule has 3 rings (SSSR count). The zero-order chi connectivity index (χ0) is 15.4. The van der Waals surface area contributed by atoms with Crippen LogP contribution in [0.5, 0.6) is 0 Å². The van der Waals surface area contributed by atoms with Crippen LogP contribution in [0.3, 0.4) is 0 Å². The zero-order valence-corrected chi connectivity index (χ0v) is 13.3. The number of rotatable bonds is 5. The number of hydrogen-bond acceptors (Lipinski definition) is 4. The van der Waals surface area contributed by atoms with Crippen LogP contribution in [0.4, 0.5) is 10.1 Å². The van der Waals surface area contributed by atoms with Gasteiger partial charge in [0, 0.05) is 26.2 Å². The number of aliphatic hydroxyl groups excluding tert-OH is 1. The summed E-state index contributed by atoms with van der Waals surface area (Å²) in [5, 5.41) is 17.0. The van der Waals surface area contributed by atoms with E-state index in [0.717, 1.165) is 12.1 Å². The standard InChI is InChI=1S/C17H21FN2OS/c18-16-9-13(10-19-11-14-5-8-22-12-14)1-2-17(16)20-6-3-15(21)4-7-20/h1-2,5,8-9,12,15,19,21H,3-4,6-7,10-11H2. The third kappa shape index (κ3) is 3.85. The Morgan fingerprint density at radius 2 is 1.95 bits per heavy atom. The van der Waals surface area contributed by atoms with E-state index in [2.05, 4.69) is 22.1 Å². The van der Waals surface area contributed by atoms with E-state index >= 15 is 0 Å². The first-order valence-electron chi connectivity index (χ1n) is 7.65. The number of thiophene rings is 1. The molecule has 3 nitrogen and oxygen atoms in total. The fourth-order valence-corrected chi connectivity index (χ4v) is 3.44. The number of anilines is 1. The summed E-state index contributed by atoms with van der Waals surface area (Å²) in [5.41, 5.74) is 2.86. The van der Waals surface area contributed by atoms with Crippen LogP contribution >= 0.6 is 11.3 Å². The Labute approximate surface area is 134 Å². The van der Waals surface area contributed by atoms with Crippen LogP contribution in [-0.4, -0.2) is 24.3 Å². The topological polar surface area (TPSA) is 35.5 Å². The van der Waals surface area contributed by atoms with Crippen LogP contribution in [0.1, 0.15) is 24.0 Å². The number of piperidine rings is 1. The maximum Gasteiger partial charge on any atom is 0.146 e. The molecule has 0 amide bonds. The van der Waals surface area contributed by atoms with Crippen molar-refractivity contribution in [1.82, 2.24) is 5.32 Å². The van der Waals surface area contributed by atoms with E-state index in [1.165, 1.54) is 5.56 Å². The molecule has 1 saturated heterocycles. The highest BCUT2D eigenvalue weighted by Gasteiger charge is 2.19. The fourth-order valence-electron chi connectivity index (χ4n) is 2.77. The van der Waals surface area contributed by atoms with Crippen molar-refractivity contribution in [3.63, 3.8) is 0 Å². The van der Waals surface area contributed by atoms with Crippen molar-refractivity contribution in [3.05, 3.63) is 52.0 Å². The molecule has 2 N–H and O–H groups in total. The van der Waals surface area contributed by atoms with Gasteiger partial charge in [-0.05, 0) is 52.9 Å². The molecule has 5 heteroatoms. The fraction of sp³-hybridized carbons (Fsp3) is 0.412. The Kier molecular flexibility index (Phi) is 5.08. The lowest BCUT2D eigenvalue weighted by molar-refractivity contribution is 0.145. The van der Waals surface area contributed by atoms with E-state index in [0.29, 0.717) is 38.2 Å². The number of nitrogens with one attached hydrogen (secondary N) is 1. The first-order valence-corrected chi connectivity index (χ1v) is 8.60. The average molecular weight is 320 g/mol. The molecule has 1 aromatic carbocycles. The Bertz CT molecular complexity index is 595. The van der Waals surface area contributed by atoms with Crippen molar-refractivity contribution in [2.75, 3.05) is 18.0 Å². The van der Waals surface area contributed by atoms with Gasteiger partial charge in [-0.25, -0.2) is 4.39 Å². The third-order valence-corrected chi connectivity index (χ3v) is 4.79. The minimum atomic E-state index is -0.236. The Hall–Kier alpha value is -1.43. The molecule has 118 valence electrons. The van der Waals surface area contributed by atoms with Crippen LogP contribution < -0.4 is 10.2 Å². The van der Waals surface area contributed by atoms with Gasteiger partial charge >= 0.3 is 0 Å². The van der Waals surface area contributed by atoms with E-state index in [-0.39, 0.29) is 11.9 Å². The number of aliphatic hydroxyl groups is 1. The van der Waals surface area contributed by atoms with Crippen molar-refractivity contribution in [3.8, 4) is 0 Å². The molecule has 2 heterocycles. The highest BCUT2D eigenvalue weighted by atomic mass is 32.1. The summed E-state index contributed by atoms with van der Waals surface area (Å²) < 4.78 is 14.3. The van der Waals surface area contributed by atoms with Gasteiger partial charge in [-0.3, -0.25) is 0 Å². The molecule has 0 saturated carbocycles. The average Bonchev–Trinajstić information content (AvgIpc) is 3.02. The van der Waals surface area contributed by atoms with Crippen molar-refractivity contribution in [2.24, 2.45) is 0 Å². The lowest BCUT2D eigenvalue weighted by Crippen LogP contribution is -2.36. The first kappa shape index (κ1) is 15.5. The van der Waals surface area contributed by atoms with Gasteiger partial charge in [-0.1, -0.05) is 6.07 Å². The Morgan fingerprint density at radius 1 is 1.18 bits per heavy atom. The van der Waals surface area contributed by atoms with E-state index in [4.69, 9.17) is 0 Å². The second kappa shape index (κ2) is 7.22. The van der Waals surface area contributed by atoms with E-state index in [9.17, 15) is 9.50 Å². The number of hydrogen-bond donors (Lipinski definition) is 2. The van der Waals surface area contributed by atoms with Crippen molar-refractivity contribution < 1.29 is 9.50 Å². The largest absolute Gasteiger partial charge is 0.393 e. The monoisotopic (exact) mass is 320 g/mol. The van der Waals surface area contributed by atoms with Gasteiger partial charge in [-0.2, -0.15) is 11.3 Å². The molecular formula is C17H21FN2OS. The van der Waals surface area contributed by atoms with Gasteiger partial charge in [0.1, 0.15) is 5.82 Å². The number of halogens is 1. The molecule has 2 aromatic rings. The van der Waals surface area contributed by atoms with E-state index < -0.39 is 0 Å². The van der Waals surface area contributed by atoms with Crippen LogP contribution in [-0.2, 0) is 13.1 Å². The summed E-state index contributed by atoms with van der Waals surface area (Å²) in [6, 6.07) is 7.53. The van der Waals surface area contributed by atoms with Gasteiger partial charge in [0.2, 0.25) is 0 Å². The molecule has 0 aliphatic carbocycles. The summed E-state index contributed by atoms with van der Waals surface area (Å²) >= 11 is 1.68. The van der Waals surface area contributed by atoms with Crippen LogP contribution in [0.15, 0.2) is 35.0 Å². The molecule has 0 unspecified atom stereocenters. The quantitative estimate of drug-likeness (QED) is 0.888. The zero-order valence-electron chi connectivity index (χ0n) is 12.5. The summed E-state index contributed by atoms with van der Waals surface area (Å²) in [6.45, 7) is 2.89. The second-order valence-electron chi connectivity index (χ2n) is 5.74. The minimum absolute atomic E-state index is 0.175. The summed E-state index contributed by atoms with van der Waals surface area (Å²) in [7, 11) is 0. The van der Waals surface area contributed by atoms with E-state index in [1.54, 1.807) is 17.4 Å². The maximum atomic E-state index is 14.3. The first-order chi connectivity index (χ1) is 10.7. The molecule has 0 bridgehead atoms. The minimum Gasteiger partial charge on any atom is -0.393 e. The van der Waals surface area contributed by atoms with Crippen LogP contribution in [0.25, 0.3) is 0 Å². The van der Waals surface area contributed by atoms with Gasteiger partial charge < -0.3 is 15.3 Å². The smallest absolute Gasteiger partial charge is 0.146 e. The SMILES string of the molecule is OC1CCN(c2ccc(CNCc3ccsc3)cc2F)CC1. The summed E-state index contributed by atoms with van der Waals surface area (Å²) in [6.07, 6.45) is 1.19. The molecule has 0 radical (unpaired) electrons. The van der Waals surface area contributed by atoms with Gasteiger partial charge in [0.25, 0.3) is 0 Å². The van der Waals surface area contributed by atoms with Crippen molar-refractivity contribution in [1.29, 1.82) is 0 Å². The molecule has 1 aliphatic heterocycles. The second-order valence-corrected chi connectivity index (χ2v) is 6.52. The van der Waals surface area contributed by atoms with Crippen LogP contribution in [0.2, 0.25) is 0 Å². The molecule has 0 spiro atoms. The van der Waals surface area contributed by atoms with Crippen molar-refractivity contribution >= 4 is 17.0 Å². The predicted octanol–water partition coefficient (Wildman–Crippen LogP) is 3.14. The third-order valence-electron chi connectivity index (χ3n) is 4.06. The molecule has 1 fully saturated rings. The Balaban J connectivity index is 1.57. The van der Waals surface area contributed by atoms with Gasteiger partial charge in [-0.15, -0.1) is 0 Å². The highest BCUT2D eigenvalue weighted by molar-refractivity contribution is 7.07. The highest BCUT2D eigenvalue weighted by Crippen LogP contribution is 2.24. The van der Waals surface area contributed by atoms with E-state index in [1.807, 2.05) is 17.0 Å². The molecule has 0 atom stereocenters. The molecule has 1 aliphatic rings. The van der Waals surface area contributed by atoms with Gasteiger partial charge in [0.05, 0.1) is 11.8 Å². The maximum absolute atomic E-state index is 14.3. The Morgan fingerprint density at radius 3 is 2.64 bits per heavy atom.